The summed E-state index contributed by atoms with van der Waals surface area (Å²) in [6.45, 7) is 2.10. The van der Waals surface area contributed by atoms with Gasteiger partial charge in [-0.15, -0.1) is 0 Å². The quantitative estimate of drug-likeness (QED) is 0.716. The molecule has 0 N–H and O–H groups in total. The predicted octanol–water partition coefficient (Wildman–Crippen LogP) is 5.06. The first-order valence-electron chi connectivity index (χ1n) is 7.59. The third-order valence-electron chi connectivity index (χ3n) is 4.26. The summed E-state index contributed by atoms with van der Waals surface area (Å²) in [7, 11) is 0. The van der Waals surface area contributed by atoms with E-state index in [1.54, 1.807) is 0 Å². The van der Waals surface area contributed by atoms with Crippen LogP contribution in [0.15, 0.2) is 60.7 Å². The predicted molar refractivity (Wildman–Crippen MR) is 87.3 cm³/mol. The van der Waals surface area contributed by atoms with E-state index in [4.69, 9.17) is 0 Å². The maximum atomic E-state index is 12.5. The number of hydrogen-bond donors (Lipinski definition) is 0. The van der Waals surface area contributed by atoms with Crippen molar-refractivity contribution in [2.75, 3.05) is 0 Å². The van der Waals surface area contributed by atoms with Gasteiger partial charge >= 0.3 is 0 Å². The normalized spacial score (nSPS) is 18.1. The van der Waals surface area contributed by atoms with Crippen LogP contribution in [0.2, 0.25) is 0 Å². The van der Waals surface area contributed by atoms with Crippen LogP contribution in [0.25, 0.3) is 5.57 Å². The molecule has 0 amide bonds. The van der Waals surface area contributed by atoms with Crippen molar-refractivity contribution in [3.63, 3.8) is 0 Å². The Balaban J connectivity index is 1.72. The van der Waals surface area contributed by atoms with Crippen LogP contribution in [0, 0.1) is 12.8 Å². The highest BCUT2D eigenvalue weighted by Crippen LogP contribution is 2.32. The molecule has 0 heterocycles. The van der Waals surface area contributed by atoms with Gasteiger partial charge in [0.05, 0.1) is 0 Å². The zero-order valence-electron chi connectivity index (χ0n) is 12.4. The molecule has 0 saturated heterocycles. The van der Waals surface area contributed by atoms with Crippen LogP contribution in [-0.2, 0) is 0 Å². The minimum absolute atomic E-state index is 0.140. The summed E-state index contributed by atoms with van der Waals surface area (Å²) in [5.74, 6) is 0.427. The smallest absolute Gasteiger partial charge is 0.166 e. The Labute approximate surface area is 126 Å². The highest BCUT2D eigenvalue weighted by atomic mass is 16.1. The zero-order chi connectivity index (χ0) is 14.7. The molecule has 1 aliphatic carbocycles. The van der Waals surface area contributed by atoms with Crippen LogP contribution in [0.1, 0.15) is 40.7 Å². The van der Waals surface area contributed by atoms with Crippen molar-refractivity contribution in [2.24, 2.45) is 5.92 Å². The van der Waals surface area contributed by atoms with E-state index in [2.05, 4.69) is 37.3 Å². The molecule has 0 bridgehead atoms. The molecule has 2 aromatic carbocycles. The minimum atomic E-state index is 0.140. The summed E-state index contributed by atoms with van der Waals surface area (Å²) >= 11 is 0. The zero-order valence-corrected chi connectivity index (χ0v) is 12.4. The Morgan fingerprint density at radius 3 is 2.33 bits per heavy atom. The van der Waals surface area contributed by atoms with Gasteiger partial charge in [0, 0.05) is 11.5 Å². The standard InChI is InChI=1S/C20H20O/c1-15-7-9-16(10-8-15)17-11-13-19(14-12-17)20(21)18-5-3-2-4-6-18/h2-11,19H,12-14H2,1H3. The van der Waals surface area contributed by atoms with Crippen LogP contribution in [0.5, 0.6) is 0 Å². The Hall–Kier alpha value is -2.15. The SMILES string of the molecule is Cc1ccc(C2=CCC(C(=O)c3ccccc3)CC2)cc1. The fourth-order valence-corrected chi connectivity index (χ4v) is 2.94. The molecule has 0 spiro atoms. The molecule has 2 aromatic rings. The van der Waals surface area contributed by atoms with Gasteiger partial charge in [-0.3, -0.25) is 4.79 Å². The molecular formula is C20H20O. The van der Waals surface area contributed by atoms with E-state index < -0.39 is 0 Å². The number of rotatable bonds is 3. The van der Waals surface area contributed by atoms with Gasteiger partial charge in [-0.2, -0.15) is 0 Å². The van der Waals surface area contributed by atoms with Crippen LogP contribution in [0.3, 0.4) is 0 Å². The lowest BCUT2D eigenvalue weighted by molar-refractivity contribution is 0.0913. The molecule has 106 valence electrons. The maximum Gasteiger partial charge on any atom is 0.166 e. The number of carbonyl (C=O) groups is 1. The number of benzene rings is 2. The lowest BCUT2D eigenvalue weighted by atomic mass is 9.82. The van der Waals surface area contributed by atoms with E-state index in [-0.39, 0.29) is 11.7 Å². The largest absolute Gasteiger partial charge is 0.294 e. The van der Waals surface area contributed by atoms with E-state index >= 15 is 0 Å². The third kappa shape index (κ3) is 3.13. The van der Waals surface area contributed by atoms with Crippen LogP contribution < -0.4 is 0 Å². The fourth-order valence-electron chi connectivity index (χ4n) is 2.94. The minimum Gasteiger partial charge on any atom is -0.294 e. The highest BCUT2D eigenvalue weighted by molar-refractivity contribution is 5.98. The number of Topliss-reactive ketones (excluding diaryl/α,β-unsaturated/α-hetero) is 1. The molecule has 1 aliphatic rings. The summed E-state index contributed by atoms with van der Waals surface area (Å²) in [6.07, 6.45) is 5.05. The summed E-state index contributed by atoms with van der Waals surface area (Å²) in [4.78, 5) is 12.5. The molecular weight excluding hydrogens is 256 g/mol. The molecule has 0 saturated carbocycles. The van der Waals surface area contributed by atoms with Crippen molar-refractivity contribution in [1.29, 1.82) is 0 Å². The summed E-state index contributed by atoms with van der Waals surface area (Å²) < 4.78 is 0. The van der Waals surface area contributed by atoms with Crippen molar-refractivity contribution in [3.8, 4) is 0 Å². The summed E-state index contributed by atoms with van der Waals surface area (Å²) in [5.41, 5.74) is 4.81. The monoisotopic (exact) mass is 276 g/mol. The summed E-state index contributed by atoms with van der Waals surface area (Å²) in [5, 5.41) is 0. The van der Waals surface area contributed by atoms with E-state index in [9.17, 15) is 4.79 Å². The second-order valence-electron chi connectivity index (χ2n) is 5.80. The topological polar surface area (TPSA) is 17.1 Å². The first-order valence-corrected chi connectivity index (χ1v) is 7.59. The van der Waals surface area contributed by atoms with Gasteiger partial charge in [-0.1, -0.05) is 66.2 Å². The Morgan fingerprint density at radius 2 is 1.71 bits per heavy atom. The molecule has 0 radical (unpaired) electrons. The average Bonchev–Trinajstić information content (AvgIpc) is 2.56. The van der Waals surface area contributed by atoms with E-state index in [0.29, 0.717) is 0 Å². The molecule has 1 unspecified atom stereocenters. The Bertz CT molecular complexity index is 650. The lowest BCUT2D eigenvalue weighted by Gasteiger charge is -2.21. The van der Waals surface area contributed by atoms with Crippen LogP contribution in [-0.4, -0.2) is 5.78 Å². The van der Waals surface area contributed by atoms with Crippen molar-refractivity contribution in [2.45, 2.75) is 26.2 Å². The van der Waals surface area contributed by atoms with Gasteiger partial charge in [-0.25, -0.2) is 0 Å². The number of hydrogen-bond acceptors (Lipinski definition) is 1. The van der Waals surface area contributed by atoms with Gasteiger partial charge in [0.15, 0.2) is 5.78 Å². The molecule has 1 atom stereocenters. The third-order valence-corrected chi connectivity index (χ3v) is 4.26. The second kappa shape index (κ2) is 6.09. The molecule has 1 nitrogen and oxygen atoms in total. The number of allylic oxidation sites excluding steroid dienone is 2. The molecule has 21 heavy (non-hydrogen) atoms. The molecule has 0 aliphatic heterocycles. The number of carbonyl (C=O) groups excluding carboxylic acids is 1. The van der Waals surface area contributed by atoms with Gasteiger partial charge in [0.25, 0.3) is 0 Å². The maximum absolute atomic E-state index is 12.5. The first kappa shape index (κ1) is 13.8. The molecule has 3 rings (SSSR count). The average molecular weight is 276 g/mol. The Kier molecular flexibility index (Phi) is 4.01. The van der Waals surface area contributed by atoms with E-state index in [1.165, 1.54) is 16.7 Å². The Morgan fingerprint density at radius 1 is 1.00 bits per heavy atom. The van der Waals surface area contributed by atoms with Crippen molar-refractivity contribution < 1.29 is 4.79 Å². The number of aryl methyl sites for hydroxylation is 1. The van der Waals surface area contributed by atoms with Gasteiger partial charge in [0.2, 0.25) is 0 Å². The van der Waals surface area contributed by atoms with Crippen molar-refractivity contribution in [1.82, 2.24) is 0 Å². The van der Waals surface area contributed by atoms with Gasteiger partial charge in [0.1, 0.15) is 0 Å². The van der Waals surface area contributed by atoms with Crippen molar-refractivity contribution >= 4 is 11.4 Å². The first-order chi connectivity index (χ1) is 10.2. The lowest BCUT2D eigenvalue weighted by Crippen LogP contribution is -2.17. The van der Waals surface area contributed by atoms with Gasteiger partial charge < -0.3 is 0 Å². The summed E-state index contributed by atoms with van der Waals surface area (Å²) in [6, 6.07) is 18.3. The van der Waals surface area contributed by atoms with E-state index in [0.717, 1.165) is 24.8 Å². The van der Waals surface area contributed by atoms with Crippen LogP contribution >= 0.6 is 0 Å². The molecule has 0 aromatic heterocycles. The molecule has 1 heteroatoms. The van der Waals surface area contributed by atoms with Crippen LogP contribution in [0.4, 0.5) is 0 Å². The second-order valence-corrected chi connectivity index (χ2v) is 5.80. The van der Waals surface area contributed by atoms with Crippen molar-refractivity contribution in [3.05, 3.63) is 77.4 Å². The number of ketones is 1. The van der Waals surface area contributed by atoms with Gasteiger partial charge in [-0.05, 0) is 37.3 Å². The van der Waals surface area contributed by atoms with E-state index in [1.807, 2.05) is 30.3 Å². The molecule has 0 fully saturated rings. The highest BCUT2D eigenvalue weighted by Gasteiger charge is 2.22. The fraction of sp³-hybridized carbons (Fsp3) is 0.250.